The summed E-state index contributed by atoms with van der Waals surface area (Å²) in [5.74, 6) is 0. The van der Waals surface area contributed by atoms with E-state index in [1.165, 1.54) is 4.90 Å². The van der Waals surface area contributed by atoms with E-state index in [2.05, 4.69) is 36.4 Å². The topological polar surface area (TPSA) is 60.8 Å². The van der Waals surface area contributed by atoms with E-state index in [0.29, 0.717) is 13.0 Å². The second-order valence-corrected chi connectivity index (χ2v) is 9.04. The van der Waals surface area contributed by atoms with Crippen LogP contribution in [0.1, 0.15) is 23.1 Å². The first-order valence-corrected chi connectivity index (χ1v) is 11.0. The van der Waals surface area contributed by atoms with Crippen LogP contribution in [0.5, 0.6) is 0 Å². The summed E-state index contributed by atoms with van der Waals surface area (Å²) in [5.41, 5.74) is 3.46. The Morgan fingerprint density at radius 2 is 1.30 bits per heavy atom. The molecule has 2 N–H and O–H groups in total. The second-order valence-electron chi connectivity index (χ2n) is 7.53. The predicted molar refractivity (Wildman–Crippen MR) is 121 cm³/mol. The van der Waals surface area contributed by atoms with Crippen LogP contribution < -0.4 is 0 Å². The monoisotopic (exact) mass is 419 g/mol. The summed E-state index contributed by atoms with van der Waals surface area (Å²) in [7, 11) is 0. The molecule has 0 aromatic heterocycles. The summed E-state index contributed by atoms with van der Waals surface area (Å²) in [6.07, 6.45) is -0.344. The van der Waals surface area contributed by atoms with Crippen molar-refractivity contribution >= 4 is 17.9 Å². The van der Waals surface area contributed by atoms with Crippen molar-refractivity contribution in [1.29, 1.82) is 0 Å². The minimum absolute atomic E-state index is 0.0545. The van der Waals surface area contributed by atoms with Crippen LogP contribution in [0.3, 0.4) is 0 Å². The average Bonchev–Trinajstić information content (AvgIpc) is 3.22. The van der Waals surface area contributed by atoms with Gasteiger partial charge in [0.15, 0.2) is 0 Å². The molecule has 2 unspecified atom stereocenters. The molecule has 1 aliphatic heterocycles. The smallest absolute Gasteiger partial charge is 0.407 e. The molecule has 3 aromatic rings. The molecule has 0 aliphatic carbocycles. The molecule has 3 aromatic carbocycles. The third kappa shape index (κ3) is 3.83. The Bertz CT molecular complexity index is 869. The van der Waals surface area contributed by atoms with E-state index >= 15 is 0 Å². The zero-order valence-corrected chi connectivity index (χ0v) is 17.4. The van der Waals surface area contributed by atoms with E-state index in [1.807, 2.05) is 54.6 Å². The number of aliphatic hydroxyl groups excluding tert-OH is 1. The van der Waals surface area contributed by atoms with Gasteiger partial charge in [0.25, 0.3) is 0 Å². The van der Waals surface area contributed by atoms with E-state index in [1.54, 1.807) is 11.8 Å². The van der Waals surface area contributed by atoms with Crippen LogP contribution in [0.25, 0.3) is 0 Å². The first-order chi connectivity index (χ1) is 14.6. The van der Waals surface area contributed by atoms with Crippen molar-refractivity contribution in [3.8, 4) is 0 Å². The zero-order chi connectivity index (χ0) is 21.0. The fraction of sp³-hybridized carbons (Fsp3) is 0.240. The van der Waals surface area contributed by atoms with Gasteiger partial charge in [-0.3, -0.25) is 0 Å². The Labute approximate surface area is 181 Å². The SMILES string of the molecule is O=C(O)N1CC(SC(c2ccccc2)(c2ccccc2)c2ccccc2)CC1CO. The standard InChI is InChI=1S/C25H25NO3S/c27-18-22-16-23(17-26(22)24(28)29)30-25(19-10-4-1-5-11-19,20-12-6-2-7-13-20)21-14-8-3-9-15-21/h1-15,22-23,27H,16-18H2,(H,28,29). The van der Waals surface area contributed by atoms with E-state index in [4.69, 9.17) is 0 Å². The van der Waals surface area contributed by atoms with Crippen LogP contribution in [0.2, 0.25) is 0 Å². The number of hydrogen-bond acceptors (Lipinski definition) is 3. The number of hydrogen-bond donors (Lipinski definition) is 2. The lowest BCUT2D eigenvalue weighted by Gasteiger charge is -2.37. The predicted octanol–water partition coefficient (Wildman–Crippen LogP) is 4.82. The van der Waals surface area contributed by atoms with E-state index < -0.39 is 10.8 Å². The molecule has 5 heteroatoms. The summed E-state index contributed by atoms with van der Waals surface area (Å²) in [6.45, 7) is 0.248. The van der Waals surface area contributed by atoms with Gasteiger partial charge in [0.1, 0.15) is 0 Å². The molecule has 30 heavy (non-hydrogen) atoms. The number of amides is 1. The maximum Gasteiger partial charge on any atom is 0.407 e. The van der Waals surface area contributed by atoms with Crippen molar-refractivity contribution in [3.05, 3.63) is 108 Å². The van der Waals surface area contributed by atoms with E-state index in [-0.39, 0.29) is 17.9 Å². The molecule has 1 amide bonds. The third-order valence-electron chi connectivity index (χ3n) is 5.72. The van der Waals surface area contributed by atoms with Crippen LogP contribution in [0, 0.1) is 0 Å². The molecule has 1 aliphatic rings. The number of thioether (sulfide) groups is 1. The van der Waals surface area contributed by atoms with Crippen LogP contribution >= 0.6 is 11.8 Å². The maximum atomic E-state index is 11.7. The molecule has 1 saturated heterocycles. The number of carboxylic acid groups (broad SMARTS) is 1. The number of likely N-dealkylation sites (tertiary alicyclic amines) is 1. The molecule has 4 rings (SSSR count). The normalized spacial score (nSPS) is 19.0. The van der Waals surface area contributed by atoms with Crippen LogP contribution in [-0.2, 0) is 4.75 Å². The van der Waals surface area contributed by atoms with Gasteiger partial charge in [-0.25, -0.2) is 4.79 Å². The number of benzene rings is 3. The summed E-state index contributed by atoms with van der Waals surface area (Å²) in [6, 6.07) is 30.8. The molecule has 4 nitrogen and oxygen atoms in total. The van der Waals surface area contributed by atoms with Crippen molar-refractivity contribution in [1.82, 2.24) is 4.90 Å². The van der Waals surface area contributed by atoms with Crippen molar-refractivity contribution in [2.24, 2.45) is 0 Å². The van der Waals surface area contributed by atoms with Gasteiger partial charge in [0.05, 0.1) is 17.4 Å². The first kappa shape index (κ1) is 20.5. The highest BCUT2D eigenvalue weighted by Gasteiger charge is 2.44. The Morgan fingerprint density at radius 1 is 0.867 bits per heavy atom. The minimum Gasteiger partial charge on any atom is -0.465 e. The molecule has 0 bridgehead atoms. The molecule has 154 valence electrons. The average molecular weight is 420 g/mol. The quantitative estimate of drug-likeness (QED) is 0.562. The van der Waals surface area contributed by atoms with Gasteiger partial charge in [-0.2, -0.15) is 0 Å². The van der Waals surface area contributed by atoms with E-state index in [0.717, 1.165) is 16.7 Å². The highest BCUT2D eigenvalue weighted by Crippen LogP contribution is 2.52. The molecule has 0 spiro atoms. The Kier molecular flexibility index (Phi) is 6.11. The molecule has 1 fully saturated rings. The van der Waals surface area contributed by atoms with Gasteiger partial charge in [-0.1, -0.05) is 91.0 Å². The van der Waals surface area contributed by atoms with Crippen LogP contribution in [0.4, 0.5) is 4.79 Å². The molecule has 0 radical (unpaired) electrons. The molecule has 0 saturated carbocycles. The number of rotatable bonds is 6. The van der Waals surface area contributed by atoms with Crippen LogP contribution in [0.15, 0.2) is 91.0 Å². The van der Waals surface area contributed by atoms with E-state index in [9.17, 15) is 15.0 Å². The van der Waals surface area contributed by atoms with Gasteiger partial charge in [-0.15, -0.1) is 11.8 Å². The van der Waals surface area contributed by atoms with Gasteiger partial charge in [0.2, 0.25) is 0 Å². The molecule has 2 atom stereocenters. The minimum atomic E-state index is -0.970. The van der Waals surface area contributed by atoms with Crippen molar-refractivity contribution in [2.45, 2.75) is 22.5 Å². The summed E-state index contributed by atoms with van der Waals surface area (Å²) >= 11 is 1.78. The van der Waals surface area contributed by atoms with Gasteiger partial charge in [0, 0.05) is 11.8 Å². The Morgan fingerprint density at radius 3 is 1.63 bits per heavy atom. The lowest BCUT2D eigenvalue weighted by atomic mass is 9.84. The summed E-state index contributed by atoms with van der Waals surface area (Å²) < 4.78 is -0.483. The van der Waals surface area contributed by atoms with Crippen LogP contribution in [-0.4, -0.2) is 45.6 Å². The van der Waals surface area contributed by atoms with Crippen molar-refractivity contribution < 1.29 is 15.0 Å². The highest BCUT2D eigenvalue weighted by molar-refractivity contribution is 8.01. The number of nitrogens with zero attached hydrogens (tertiary/aromatic N) is 1. The lowest BCUT2D eigenvalue weighted by Crippen LogP contribution is -2.36. The number of aliphatic hydroxyl groups is 1. The third-order valence-corrected chi connectivity index (χ3v) is 7.45. The van der Waals surface area contributed by atoms with Gasteiger partial charge >= 0.3 is 6.09 Å². The second kappa shape index (κ2) is 8.94. The zero-order valence-electron chi connectivity index (χ0n) is 16.6. The summed E-state index contributed by atoms with van der Waals surface area (Å²) in [4.78, 5) is 13.1. The largest absolute Gasteiger partial charge is 0.465 e. The lowest BCUT2D eigenvalue weighted by molar-refractivity contribution is 0.118. The first-order valence-electron chi connectivity index (χ1n) is 10.1. The summed E-state index contributed by atoms with van der Waals surface area (Å²) in [5, 5.41) is 19.4. The van der Waals surface area contributed by atoms with Gasteiger partial charge in [-0.05, 0) is 23.1 Å². The Balaban J connectivity index is 1.85. The van der Waals surface area contributed by atoms with Crippen molar-refractivity contribution in [3.63, 3.8) is 0 Å². The Hall–Kier alpha value is -2.76. The molecular formula is C25H25NO3S. The molecule has 1 heterocycles. The van der Waals surface area contributed by atoms with Gasteiger partial charge < -0.3 is 15.1 Å². The maximum absolute atomic E-state index is 11.7. The number of carbonyl (C=O) groups is 1. The fourth-order valence-electron chi connectivity index (χ4n) is 4.34. The highest BCUT2D eigenvalue weighted by atomic mass is 32.2. The van der Waals surface area contributed by atoms with Crippen molar-refractivity contribution in [2.75, 3.05) is 13.2 Å². The molecular weight excluding hydrogens is 394 g/mol. The fourth-order valence-corrected chi connectivity index (χ4v) is 6.21.